The molecule has 0 N–H and O–H groups in total. The average molecular weight is 386 g/mol. The lowest BCUT2D eigenvalue weighted by Gasteiger charge is -2.38. The van der Waals surface area contributed by atoms with Crippen LogP contribution in [0.15, 0.2) is 9.17 Å². The van der Waals surface area contributed by atoms with E-state index >= 15 is 0 Å². The summed E-state index contributed by atoms with van der Waals surface area (Å²) in [5, 5.41) is 2.08. The van der Waals surface area contributed by atoms with Crippen LogP contribution in [0.4, 0.5) is 4.79 Å². The SMILES string of the molecule is CC(C)(C)OC(=O)N1CCC2(CC1)Cc1csc(Br)c1C2=O. The third-order valence-electron chi connectivity index (χ3n) is 4.43. The van der Waals surface area contributed by atoms with Crippen molar-refractivity contribution in [1.29, 1.82) is 0 Å². The smallest absolute Gasteiger partial charge is 0.410 e. The molecule has 6 heteroatoms. The Morgan fingerprint density at radius 2 is 2.00 bits per heavy atom. The lowest BCUT2D eigenvalue weighted by molar-refractivity contribution is 0.0114. The van der Waals surface area contributed by atoms with E-state index in [-0.39, 0.29) is 17.3 Å². The molecule has 1 saturated heterocycles. The maximum absolute atomic E-state index is 12.8. The number of ketones is 1. The summed E-state index contributed by atoms with van der Waals surface area (Å²) in [6.07, 6.45) is 1.97. The summed E-state index contributed by atoms with van der Waals surface area (Å²) in [7, 11) is 0. The van der Waals surface area contributed by atoms with Crippen molar-refractivity contribution in [1.82, 2.24) is 4.90 Å². The first-order chi connectivity index (χ1) is 10.2. The molecule has 3 rings (SSSR count). The maximum atomic E-state index is 12.8. The zero-order chi connectivity index (χ0) is 16.1. The second-order valence-corrected chi connectivity index (χ2v) is 9.36. The van der Waals surface area contributed by atoms with E-state index in [2.05, 4.69) is 21.3 Å². The number of hydrogen-bond donors (Lipinski definition) is 0. The fourth-order valence-electron chi connectivity index (χ4n) is 3.29. The first kappa shape index (κ1) is 16.0. The van der Waals surface area contributed by atoms with E-state index in [4.69, 9.17) is 4.74 Å². The van der Waals surface area contributed by atoms with Gasteiger partial charge in [0, 0.05) is 24.1 Å². The number of fused-ring (bicyclic) bond motifs is 1. The summed E-state index contributed by atoms with van der Waals surface area (Å²) < 4.78 is 6.36. The molecule has 1 spiro atoms. The van der Waals surface area contributed by atoms with Crippen LogP contribution in [0.5, 0.6) is 0 Å². The summed E-state index contributed by atoms with van der Waals surface area (Å²) in [6.45, 7) is 6.78. The van der Waals surface area contributed by atoms with Crippen LogP contribution in [0.25, 0.3) is 0 Å². The van der Waals surface area contributed by atoms with E-state index < -0.39 is 5.60 Å². The normalized spacial score (nSPS) is 20.4. The van der Waals surface area contributed by atoms with Gasteiger partial charge in [0.1, 0.15) is 5.60 Å². The minimum absolute atomic E-state index is 0.250. The average Bonchev–Trinajstić information content (AvgIpc) is 2.89. The quantitative estimate of drug-likeness (QED) is 0.669. The highest BCUT2D eigenvalue weighted by molar-refractivity contribution is 9.11. The molecule has 1 fully saturated rings. The Kier molecular flexibility index (Phi) is 3.88. The van der Waals surface area contributed by atoms with Crippen LogP contribution in [-0.2, 0) is 11.2 Å². The van der Waals surface area contributed by atoms with E-state index in [1.54, 1.807) is 16.2 Å². The third kappa shape index (κ3) is 2.71. The third-order valence-corrected chi connectivity index (χ3v) is 6.20. The van der Waals surface area contributed by atoms with Gasteiger partial charge in [0.15, 0.2) is 5.78 Å². The number of piperidine rings is 1. The lowest BCUT2D eigenvalue weighted by atomic mass is 9.75. The Labute approximate surface area is 143 Å². The predicted octanol–water partition coefficient (Wildman–Crippen LogP) is 4.27. The van der Waals surface area contributed by atoms with E-state index in [0.29, 0.717) is 13.1 Å². The molecule has 2 heterocycles. The van der Waals surface area contributed by atoms with E-state index in [0.717, 1.165) is 34.2 Å². The summed E-state index contributed by atoms with van der Waals surface area (Å²) in [4.78, 5) is 26.7. The monoisotopic (exact) mass is 385 g/mol. The second-order valence-electron chi connectivity index (χ2n) is 7.16. The highest BCUT2D eigenvalue weighted by Crippen LogP contribution is 2.48. The molecule has 0 radical (unpaired) electrons. The fourth-order valence-corrected chi connectivity index (χ4v) is 4.79. The van der Waals surface area contributed by atoms with Crippen molar-refractivity contribution >= 4 is 39.1 Å². The van der Waals surface area contributed by atoms with Crippen LogP contribution >= 0.6 is 27.3 Å². The number of halogens is 1. The molecule has 4 nitrogen and oxygen atoms in total. The van der Waals surface area contributed by atoms with Crippen molar-refractivity contribution in [3.63, 3.8) is 0 Å². The molecule has 2 aliphatic rings. The van der Waals surface area contributed by atoms with Gasteiger partial charge in [-0.05, 0) is 66.9 Å². The number of hydrogen-bond acceptors (Lipinski definition) is 4. The topological polar surface area (TPSA) is 46.6 Å². The molecular weight excluding hydrogens is 366 g/mol. The Morgan fingerprint density at radius 1 is 1.36 bits per heavy atom. The molecule has 1 aliphatic carbocycles. The number of carbonyl (C=O) groups excluding carboxylic acids is 2. The van der Waals surface area contributed by atoms with Crippen molar-refractivity contribution in [3.8, 4) is 0 Å². The van der Waals surface area contributed by atoms with Crippen LogP contribution in [0, 0.1) is 5.41 Å². The van der Waals surface area contributed by atoms with Gasteiger partial charge < -0.3 is 9.64 Å². The summed E-state index contributed by atoms with van der Waals surface area (Å²) in [5.74, 6) is 0.250. The number of Topliss-reactive ketones (excluding diaryl/α,β-unsaturated/α-hetero) is 1. The molecule has 0 unspecified atom stereocenters. The lowest BCUT2D eigenvalue weighted by Crippen LogP contribution is -2.47. The molecule has 0 saturated carbocycles. The molecule has 1 aliphatic heterocycles. The van der Waals surface area contributed by atoms with Gasteiger partial charge in [-0.2, -0.15) is 0 Å². The van der Waals surface area contributed by atoms with E-state index in [9.17, 15) is 9.59 Å². The van der Waals surface area contributed by atoms with Gasteiger partial charge in [0.2, 0.25) is 0 Å². The van der Waals surface area contributed by atoms with Gasteiger partial charge in [-0.15, -0.1) is 11.3 Å². The molecule has 1 aromatic heterocycles. The number of likely N-dealkylation sites (tertiary alicyclic amines) is 1. The molecule has 120 valence electrons. The van der Waals surface area contributed by atoms with Gasteiger partial charge in [0.25, 0.3) is 0 Å². The highest BCUT2D eigenvalue weighted by atomic mass is 79.9. The van der Waals surface area contributed by atoms with Crippen LogP contribution in [0.3, 0.4) is 0 Å². The number of rotatable bonds is 0. The van der Waals surface area contributed by atoms with Crippen LogP contribution < -0.4 is 0 Å². The van der Waals surface area contributed by atoms with Crippen molar-refractivity contribution < 1.29 is 14.3 Å². The van der Waals surface area contributed by atoms with E-state index in [1.165, 1.54) is 0 Å². The highest BCUT2D eigenvalue weighted by Gasteiger charge is 2.49. The largest absolute Gasteiger partial charge is 0.444 e. The fraction of sp³-hybridized carbons (Fsp3) is 0.625. The van der Waals surface area contributed by atoms with Crippen molar-refractivity contribution in [2.24, 2.45) is 5.41 Å². The minimum atomic E-state index is -0.482. The molecule has 1 amide bonds. The summed E-state index contributed by atoms with van der Waals surface area (Å²) in [6, 6.07) is 0. The van der Waals surface area contributed by atoms with Gasteiger partial charge >= 0.3 is 6.09 Å². The summed E-state index contributed by atoms with van der Waals surface area (Å²) in [5.41, 5.74) is 1.24. The molecule has 0 bridgehead atoms. The Morgan fingerprint density at radius 3 is 2.55 bits per heavy atom. The predicted molar refractivity (Wildman–Crippen MR) is 89.5 cm³/mol. The van der Waals surface area contributed by atoms with Crippen LogP contribution in [-0.4, -0.2) is 35.5 Å². The van der Waals surface area contributed by atoms with Gasteiger partial charge in [-0.25, -0.2) is 4.79 Å². The minimum Gasteiger partial charge on any atom is -0.444 e. The number of thiophene rings is 1. The van der Waals surface area contributed by atoms with Gasteiger partial charge in [-0.3, -0.25) is 4.79 Å². The zero-order valence-corrected chi connectivity index (χ0v) is 15.5. The Hall–Kier alpha value is -0.880. The maximum Gasteiger partial charge on any atom is 0.410 e. The molecular formula is C16H20BrNO3S. The molecule has 0 atom stereocenters. The molecule has 0 aromatic carbocycles. The van der Waals surface area contributed by atoms with Gasteiger partial charge in [-0.1, -0.05) is 0 Å². The van der Waals surface area contributed by atoms with E-state index in [1.807, 2.05) is 20.8 Å². The number of amides is 1. The summed E-state index contributed by atoms with van der Waals surface area (Å²) >= 11 is 5.07. The number of nitrogens with zero attached hydrogens (tertiary/aromatic N) is 1. The Balaban J connectivity index is 1.68. The second kappa shape index (κ2) is 5.34. The van der Waals surface area contributed by atoms with Crippen molar-refractivity contribution in [2.75, 3.05) is 13.1 Å². The number of ether oxygens (including phenoxy) is 1. The van der Waals surface area contributed by atoms with Crippen molar-refractivity contribution in [3.05, 3.63) is 20.3 Å². The van der Waals surface area contributed by atoms with Gasteiger partial charge in [0.05, 0.1) is 3.79 Å². The standard InChI is InChI=1S/C16H20BrNO3S/c1-15(2,3)21-14(20)18-6-4-16(5-7-18)8-10-9-22-13(17)11(10)12(16)19/h9H,4-8H2,1-3H3. The molecule has 1 aromatic rings. The number of carbonyl (C=O) groups is 2. The Bertz CT molecular complexity index is 624. The molecule has 22 heavy (non-hydrogen) atoms. The first-order valence-corrected chi connectivity index (χ1v) is 9.18. The first-order valence-electron chi connectivity index (χ1n) is 7.50. The van der Waals surface area contributed by atoms with Crippen molar-refractivity contribution in [2.45, 2.75) is 45.6 Å². The van der Waals surface area contributed by atoms with Crippen LogP contribution in [0.1, 0.15) is 49.5 Å². The van der Waals surface area contributed by atoms with Crippen LogP contribution in [0.2, 0.25) is 0 Å². The zero-order valence-electron chi connectivity index (χ0n) is 13.1.